The maximum Gasteiger partial charge on any atom is 0.233 e. The first-order chi connectivity index (χ1) is 13.4. The van der Waals surface area contributed by atoms with Crippen molar-refractivity contribution in [1.82, 2.24) is 20.1 Å². The zero-order valence-electron chi connectivity index (χ0n) is 16.7. The van der Waals surface area contributed by atoms with E-state index in [4.69, 9.17) is 0 Å². The van der Waals surface area contributed by atoms with E-state index in [1.807, 2.05) is 56.5 Å². The monoisotopic (exact) mass is 414 g/mol. The molecule has 1 aromatic carbocycles. The van der Waals surface area contributed by atoms with Gasteiger partial charge in [-0.2, -0.15) is 0 Å². The molecule has 1 N–H and O–H groups in total. The molecular weight excluding hydrogens is 388 g/mol. The highest BCUT2D eigenvalue weighted by Crippen LogP contribution is 2.30. The average Bonchev–Trinajstić information content (AvgIpc) is 3.33. The summed E-state index contributed by atoms with van der Waals surface area (Å²) in [5.74, 6) is 0.853. The molecule has 7 heteroatoms. The minimum atomic E-state index is -0.263. The van der Waals surface area contributed by atoms with Gasteiger partial charge in [-0.1, -0.05) is 55.1 Å². The predicted octanol–water partition coefficient (Wildman–Crippen LogP) is 4.84. The van der Waals surface area contributed by atoms with Crippen LogP contribution >= 0.6 is 23.1 Å². The molecule has 1 amide bonds. The quantitative estimate of drug-likeness (QED) is 0.536. The molecule has 0 aliphatic rings. The number of amides is 1. The van der Waals surface area contributed by atoms with E-state index in [9.17, 15) is 4.79 Å². The lowest BCUT2D eigenvalue weighted by Gasteiger charge is -2.26. The maximum absolute atomic E-state index is 12.6. The number of thioether (sulfide) groups is 1. The van der Waals surface area contributed by atoms with Crippen molar-refractivity contribution in [3.8, 4) is 10.7 Å². The van der Waals surface area contributed by atoms with Crippen molar-refractivity contribution >= 4 is 29.0 Å². The van der Waals surface area contributed by atoms with Crippen molar-refractivity contribution in [3.63, 3.8) is 0 Å². The summed E-state index contributed by atoms with van der Waals surface area (Å²) in [5, 5.41) is 14.5. The van der Waals surface area contributed by atoms with E-state index >= 15 is 0 Å². The van der Waals surface area contributed by atoms with Crippen molar-refractivity contribution in [3.05, 3.63) is 53.4 Å². The van der Waals surface area contributed by atoms with Gasteiger partial charge in [0.05, 0.1) is 16.7 Å². The standard InChI is InChI=1S/C21H26N4OS2/c1-5-21(3,4)22-19(26)15(2)28-20-24-23-18(17-12-9-13-27-17)25(20)14-16-10-7-6-8-11-16/h6-13,15H,5,14H2,1-4H3,(H,22,26). The molecular formula is C21H26N4OS2. The Bertz CT molecular complexity index is 904. The minimum absolute atomic E-state index is 0.0174. The molecule has 0 fully saturated rings. The second-order valence-electron chi connectivity index (χ2n) is 7.34. The largest absolute Gasteiger partial charge is 0.350 e. The molecule has 2 aromatic heterocycles. The fourth-order valence-electron chi connectivity index (χ4n) is 2.61. The van der Waals surface area contributed by atoms with Crippen LogP contribution in [0.5, 0.6) is 0 Å². The van der Waals surface area contributed by atoms with Crippen LogP contribution in [-0.4, -0.2) is 31.5 Å². The van der Waals surface area contributed by atoms with Crippen LogP contribution in [0.4, 0.5) is 0 Å². The molecule has 0 aliphatic carbocycles. The van der Waals surface area contributed by atoms with Crippen LogP contribution < -0.4 is 5.32 Å². The van der Waals surface area contributed by atoms with Gasteiger partial charge in [0, 0.05) is 5.54 Å². The Morgan fingerprint density at radius 1 is 1.21 bits per heavy atom. The number of aromatic nitrogens is 3. The van der Waals surface area contributed by atoms with Gasteiger partial charge in [0.1, 0.15) is 0 Å². The van der Waals surface area contributed by atoms with Gasteiger partial charge < -0.3 is 5.32 Å². The summed E-state index contributed by atoms with van der Waals surface area (Å²) >= 11 is 3.09. The molecule has 1 atom stereocenters. The zero-order chi connectivity index (χ0) is 20.1. The molecule has 0 spiro atoms. The number of carbonyl (C=O) groups is 1. The van der Waals surface area contributed by atoms with E-state index in [-0.39, 0.29) is 16.7 Å². The van der Waals surface area contributed by atoms with Gasteiger partial charge in [0.2, 0.25) is 5.91 Å². The molecule has 3 aromatic rings. The van der Waals surface area contributed by atoms with Crippen molar-refractivity contribution in [2.45, 2.75) is 56.6 Å². The summed E-state index contributed by atoms with van der Waals surface area (Å²) in [6, 6.07) is 14.3. The van der Waals surface area contributed by atoms with Gasteiger partial charge in [-0.05, 0) is 44.2 Å². The predicted molar refractivity (Wildman–Crippen MR) is 117 cm³/mol. The molecule has 3 rings (SSSR count). The molecule has 28 heavy (non-hydrogen) atoms. The highest BCUT2D eigenvalue weighted by molar-refractivity contribution is 8.00. The summed E-state index contributed by atoms with van der Waals surface area (Å²) in [6.45, 7) is 8.72. The lowest BCUT2D eigenvalue weighted by molar-refractivity contribution is -0.121. The van der Waals surface area contributed by atoms with E-state index in [1.54, 1.807) is 11.3 Å². The molecule has 5 nitrogen and oxygen atoms in total. The smallest absolute Gasteiger partial charge is 0.233 e. The topological polar surface area (TPSA) is 59.8 Å². The third kappa shape index (κ3) is 5.02. The van der Waals surface area contributed by atoms with Crippen LogP contribution in [0.3, 0.4) is 0 Å². The van der Waals surface area contributed by atoms with Crippen LogP contribution in [0.25, 0.3) is 10.7 Å². The number of benzene rings is 1. The molecule has 0 bridgehead atoms. The fraction of sp³-hybridized carbons (Fsp3) is 0.381. The number of nitrogens with one attached hydrogen (secondary N) is 1. The van der Waals surface area contributed by atoms with Crippen LogP contribution in [0, 0.1) is 0 Å². The summed E-state index contributed by atoms with van der Waals surface area (Å²) < 4.78 is 2.10. The van der Waals surface area contributed by atoms with E-state index in [2.05, 4.69) is 39.1 Å². The van der Waals surface area contributed by atoms with Gasteiger partial charge in [-0.3, -0.25) is 9.36 Å². The minimum Gasteiger partial charge on any atom is -0.350 e. The number of carbonyl (C=O) groups excluding carboxylic acids is 1. The van der Waals surface area contributed by atoms with Crippen molar-refractivity contribution < 1.29 is 4.79 Å². The molecule has 0 saturated carbocycles. The highest BCUT2D eigenvalue weighted by Gasteiger charge is 2.25. The Hall–Kier alpha value is -2.12. The van der Waals surface area contributed by atoms with Crippen molar-refractivity contribution in [2.75, 3.05) is 0 Å². The van der Waals surface area contributed by atoms with Crippen LogP contribution in [0.1, 0.15) is 39.7 Å². The third-order valence-electron chi connectivity index (χ3n) is 4.64. The summed E-state index contributed by atoms with van der Waals surface area (Å²) in [4.78, 5) is 13.7. The Labute approximate surface area is 174 Å². The van der Waals surface area contributed by atoms with Gasteiger partial charge in [0.25, 0.3) is 0 Å². The number of thiophene rings is 1. The van der Waals surface area contributed by atoms with Crippen LogP contribution in [0.15, 0.2) is 53.0 Å². The van der Waals surface area contributed by atoms with Gasteiger partial charge in [-0.15, -0.1) is 21.5 Å². The average molecular weight is 415 g/mol. The van der Waals surface area contributed by atoms with Gasteiger partial charge >= 0.3 is 0 Å². The first-order valence-corrected chi connectivity index (χ1v) is 11.2. The molecule has 148 valence electrons. The van der Waals surface area contributed by atoms with Crippen LogP contribution in [0.2, 0.25) is 0 Å². The molecule has 1 unspecified atom stereocenters. The van der Waals surface area contributed by atoms with E-state index in [0.717, 1.165) is 22.3 Å². The van der Waals surface area contributed by atoms with E-state index < -0.39 is 0 Å². The lowest BCUT2D eigenvalue weighted by Crippen LogP contribution is -2.46. The maximum atomic E-state index is 12.6. The van der Waals surface area contributed by atoms with E-state index in [1.165, 1.54) is 17.3 Å². The Morgan fingerprint density at radius 2 is 1.96 bits per heavy atom. The number of hydrogen-bond acceptors (Lipinski definition) is 5. The summed E-state index contributed by atoms with van der Waals surface area (Å²) in [7, 11) is 0. The summed E-state index contributed by atoms with van der Waals surface area (Å²) in [6.07, 6.45) is 0.878. The Balaban J connectivity index is 1.85. The number of hydrogen-bond donors (Lipinski definition) is 1. The first-order valence-electron chi connectivity index (χ1n) is 9.39. The van der Waals surface area contributed by atoms with Gasteiger partial charge in [0.15, 0.2) is 11.0 Å². The van der Waals surface area contributed by atoms with Crippen molar-refractivity contribution in [1.29, 1.82) is 0 Å². The number of nitrogens with zero attached hydrogens (tertiary/aromatic N) is 3. The zero-order valence-corrected chi connectivity index (χ0v) is 18.3. The fourth-order valence-corrected chi connectivity index (χ4v) is 4.17. The Kier molecular flexibility index (Phi) is 6.57. The lowest BCUT2D eigenvalue weighted by atomic mass is 10.0. The molecule has 2 heterocycles. The second-order valence-corrected chi connectivity index (χ2v) is 9.60. The third-order valence-corrected chi connectivity index (χ3v) is 6.59. The highest BCUT2D eigenvalue weighted by atomic mass is 32.2. The first kappa shape index (κ1) is 20.6. The van der Waals surface area contributed by atoms with Gasteiger partial charge in [-0.25, -0.2) is 0 Å². The van der Waals surface area contributed by atoms with Crippen molar-refractivity contribution in [2.24, 2.45) is 0 Å². The normalized spacial score (nSPS) is 12.7. The Morgan fingerprint density at radius 3 is 2.61 bits per heavy atom. The SMILES string of the molecule is CCC(C)(C)NC(=O)C(C)Sc1nnc(-c2cccs2)n1Cc1ccccc1. The molecule has 0 saturated heterocycles. The molecule has 0 aliphatic heterocycles. The van der Waals surface area contributed by atoms with E-state index in [0.29, 0.717) is 6.54 Å². The molecule has 0 radical (unpaired) electrons. The second kappa shape index (κ2) is 8.92. The van der Waals surface area contributed by atoms with Crippen LogP contribution in [-0.2, 0) is 11.3 Å². The number of rotatable bonds is 8. The summed E-state index contributed by atoms with van der Waals surface area (Å²) in [5.41, 5.74) is 0.956.